The largest absolute Gasteiger partial charge is 0.305 e. The average Bonchev–Trinajstić information content (AvgIpc) is 2.62. The number of nitrogens with one attached hydrogen (secondary N) is 1. The van der Waals surface area contributed by atoms with E-state index < -0.39 is 0 Å². The molecular weight excluding hydrogens is 220 g/mol. The molecule has 0 spiro atoms. The predicted octanol–water partition coefficient (Wildman–Crippen LogP) is 1.92. The molecule has 0 atom stereocenters. The molecule has 1 N–H and O–H groups in total. The molecular formula is C11H22N4S. The summed E-state index contributed by atoms with van der Waals surface area (Å²) >= 11 is 1.87. The van der Waals surface area contributed by atoms with Crippen molar-refractivity contribution in [2.45, 2.75) is 45.8 Å². The zero-order valence-electron chi connectivity index (χ0n) is 10.7. The highest BCUT2D eigenvalue weighted by molar-refractivity contribution is 7.98. The standard InChI is InChI=1S/C11H22N4S/c1-11(2,3)13-8-10-12-9-15(14-10)6-5-7-16-4/h9,13H,5-8H2,1-4H3. The molecule has 1 aromatic rings. The summed E-state index contributed by atoms with van der Waals surface area (Å²) in [7, 11) is 0. The molecule has 0 fully saturated rings. The van der Waals surface area contributed by atoms with E-state index in [2.05, 4.69) is 42.4 Å². The first-order valence-corrected chi connectivity index (χ1v) is 7.03. The summed E-state index contributed by atoms with van der Waals surface area (Å²) in [5.74, 6) is 2.05. The molecule has 0 aliphatic carbocycles. The Bertz CT molecular complexity index is 303. The Morgan fingerprint density at radius 2 is 2.19 bits per heavy atom. The highest BCUT2D eigenvalue weighted by Crippen LogP contribution is 2.01. The Balaban J connectivity index is 2.33. The third-order valence-electron chi connectivity index (χ3n) is 2.10. The highest BCUT2D eigenvalue weighted by Gasteiger charge is 2.10. The van der Waals surface area contributed by atoms with Crippen LogP contribution in [0.1, 0.15) is 33.0 Å². The van der Waals surface area contributed by atoms with E-state index in [1.165, 1.54) is 5.75 Å². The van der Waals surface area contributed by atoms with Gasteiger partial charge in [0, 0.05) is 12.1 Å². The normalized spacial score (nSPS) is 12.0. The lowest BCUT2D eigenvalue weighted by molar-refractivity contribution is 0.416. The third-order valence-corrected chi connectivity index (χ3v) is 2.79. The van der Waals surface area contributed by atoms with Crippen molar-refractivity contribution >= 4 is 11.8 Å². The zero-order chi connectivity index (χ0) is 12.0. The molecule has 0 radical (unpaired) electrons. The topological polar surface area (TPSA) is 42.7 Å². The Morgan fingerprint density at radius 3 is 2.81 bits per heavy atom. The molecule has 5 heteroatoms. The third kappa shape index (κ3) is 5.51. The molecule has 1 heterocycles. The number of nitrogens with zero attached hydrogens (tertiary/aromatic N) is 3. The van der Waals surface area contributed by atoms with E-state index in [1.54, 1.807) is 0 Å². The molecule has 0 bridgehead atoms. The second-order valence-electron chi connectivity index (χ2n) is 4.87. The zero-order valence-corrected chi connectivity index (χ0v) is 11.5. The van der Waals surface area contributed by atoms with Crippen LogP contribution in [0.15, 0.2) is 6.33 Å². The second-order valence-corrected chi connectivity index (χ2v) is 5.86. The monoisotopic (exact) mass is 242 g/mol. The van der Waals surface area contributed by atoms with E-state index in [4.69, 9.17) is 0 Å². The minimum absolute atomic E-state index is 0.115. The number of hydrogen-bond acceptors (Lipinski definition) is 4. The first-order chi connectivity index (χ1) is 7.51. The number of rotatable bonds is 6. The summed E-state index contributed by atoms with van der Waals surface area (Å²) in [6.45, 7) is 8.12. The van der Waals surface area contributed by atoms with Gasteiger partial charge >= 0.3 is 0 Å². The van der Waals surface area contributed by atoms with Gasteiger partial charge in [0.15, 0.2) is 5.82 Å². The van der Waals surface area contributed by atoms with Crippen molar-refractivity contribution in [3.8, 4) is 0 Å². The van der Waals surface area contributed by atoms with Crippen molar-refractivity contribution in [1.29, 1.82) is 0 Å². The van der Waals surface area contributed by atoms with Crippen molar-refractivity contribution in [2.24, 2.45) is 0 Å². The van der Waals surface area contributed by atoms with Gasteiger partial charge in [-0.3, -0.25) is 4.68 Å². The van der Waals surface area contributed by atoms with Crippen LogP contribution in [-0.4, -0.2) is 32.3 Å². The van der Waals surface area contributed by atoms with Crippen LogP contribution in [0.3, 0.4) is 0 Å². The first kappa shape index (κ1) is 13.5. The van der Waals surface area contributed by atoms with Gasteiger partial charge in [0.1, 0.15) is 6.33 Å². The second kappa shape index (κ2) is 6.25. The first-order valence-electron chi connectivity index (χ1n) is 5.63. The molecule has 0 saturated carbocycles. The fraction of sp³-hybridized carbons (Fsp3) is 0.818. The van der Waals surface area contributed by atoms with Gasteiger partial charge in [-0.25, -0.2) is 4.98 Å². The van der Waals surface area contributed by atoms with Crippen LogP contribution in [0.5, 0.6) is 0 Å². The average molecular weight is 242 g/mol. The van der Waals surface area contributed by atoms with Gasteiger partial charge in [-0.05, 0) is 39.2 Å². The summed E-state index contributed by atoms with van der Waals surface area (Å²) in [6.07, 6.45) is 5.09. The lowest BCUT2D eigenvalue weighted by atomic mass is 10.1. The quantitative estimate of drug-likeness (QED) is 0.774. The van der Waals surface area contributed by atoms with E-state index in [9.17, 15) is 0 Å². The molecule has 0 aromatic carbocycles. The van der Waals surface area contributed by atoms with Crippen LogP contribution in [0.2, 0.25) is 0 Å². The van der Waals surface area contributed by atoms with Gasteiger partial charge in [0.05, 0.1) is 6.54 Å². The summed E-state index contributed by atoms with van der Waals surface area (Å²) in [4.78, 5) is 4.28. The van der Waals surface area contributed by atoms with Crippen molar-refractivity contribution in [2.75, 3.05) is 12.0 Å². The fourth-order valence-electron chi connectivity index (χ4n) is 1.24. The summed E-state index contributed by atoms with van der Waals surface area (Å²) in [6, 6.07) is 0. The number of thioether (sulfide) groups is 1. The van der Waals surface area contributed by atoms with Crippen LogP contribution >= 0.6 is 11.8 Å². The van der Waals surface area contributed by atoms with Gasteiger partial charge in [0.2, 0.25) is 0 Å². The molecule has 1 rings (SSSR count). The van der Waals surface area contributed by atoms with Crippen LogP contribution in [0, 0.1) is 0 Å². The summed E-state index contributed by atoms with van der Waals surface area (Å²) in [5, 5.41) is 7.80. The van der Waals surface area contributed by atoms with Crippen molar-refractivity contribution in [3.63, 3.8) is 0 Å². The molecule has 0 saturated heterocycles. The van der Waals surface area contributed by atoms with Crippen molar-refractivity contribution < 1.29 is 0 Å². The lowest BCUT2D eigenvalue weighted by Crippen LogP contribution is -2.35. The van der Waals surface area contributed by atoms with E-state index in [0.29, 0.717) is 0 Å². The van der Waals surface area contributed by atoms with Crippen LogP contribution < -0.4 is 5.32 Å². The Labute approximate surface area is 102 Å². The predicted molar refractivity (Wildman–Crippen MR) is 69.6 cm³/mol. The SMILES string of the molecule is CSCCCn1cnc(CNC(C)(C)C)n1. The van der Waals surface area contributed by atoms with Gasteiger partial charge < -0.3 is 5.32 Å². The fourth-order valence-corrected chi connectivity index (χ4v) is 1.65. The smallest absolute Gasteiger partial charge is 0.164 e. The van der Waals surface area contributed by atoms with Gasteiger partial charge in [-0.15, -0.1) is 0 Å². The molecule has 0 unspecified atom stereocenters. The van der Waals surface area contributed by atoms with Gasteiger partial charge in [-0.2, -0.15) is 16.9 Å². The maximum atomic E-state index is 4.42. The van der Waals surface area contributed by atoms with Gasteiger partial charge in [-0.1, -0.05) is 0 Å². The van der Waals surface area contributed by atoms with Crippen LogP contribution in [0.4, 0.5) is 0 Å². The Morgan fingerprint density at radius 1 is 1.44 bits per heavy atom. The molecule has 0 amide bonds. The minimum Gasteiger partial charge on any atom is -0.305 e. The van der Waals surface area contributed by atoms with E-state index in [1.807, 2.05) is 22.8 Å². The molecule has 92 valence electrons. The molecule has 16 heavy (non-hydrogen) atoms. The van der Waals surface area contributed by atoms with E-state index >= 15 is 0 Å². The van der Waals surface area contributed by atoms with E-state index in [-0.39, 0.29) is 5.54 Å². The van der Waals surface area contributed by atoms with E-state index in [0.717, 1.165) is 25.3 Å². The number of aryl methyl sites for hydroxylation is 1. The molecule has 4 nitrogen and oxygen atoms in total. The van der Waals surface area contributed by atoms with Gasteiger partial charge in [0.25, 0.3) is 0 Å². The molecule has 1 aromatic heterocycles. The minimum atomic E-state index is 0.115. The van der Waals surface area contributed by atoms with Crippen LogP contribution in [0.25, 0.3) is 0 Å². The highest BCUT2D eigenvalue weighted by atomic mass is 32.2. The summed E-state index contributed by atoms with van der Waals surface area (Å²) < 4.78 is 1.93. The Hall–Kier alpha value is -0.550. The van der Waals surface area contributed by atoms with Crippen LogP contribution in [-0.2, 0) is 13.1 Å². The maximum absolute atomic E-state index is 4.42. The molecule has 0 aliphatic rings. The van der Waals surface area contributed by atoms with Crippen molar-refractivity contribution in [3.05, 3.63) is 12.2 Å². The number of aromatic nitrogens is 3. The maximum Gasteiger partial charge on any atom is 0.164 e. The molecule has 0 aliphatic heterocycles. The Kier molecular flexibility index (Phi) is 5.28. The lowest BCUT2D eigenvalue weighted by Gasteiger charge is -2.19. The summed E-state index contributed by atoms with van der Waals surface area (Å²) in [5.41, 5.74) is 0.115. The number of hydrogen-bond donors (Lipinski definition) is 1. The van der Waals surface area contributed by atoms with Crippen molar-refractivity contribution in [1.82, 2.24) is 20.1 Å².